The number of fused-ring (bicyclic) bond motifs is 1. The number of hydrogen-bond acceptors (Lipinski definition) is 4. The van der Waals surface area contributed by atoms with Crippen LogP contribution < -0.4 is 10.1 Å². The normalized spacial score (nSPS) is 15.1. The summed E-state index contributed by atoms with van der Waals surface area (Å²) in [6, 6.07) is 17.9. The first-order chi connectivity index (χ1) is 16.4. The number of urea groups is 1. The number of carbonyl (C=O) groups excluding carboxylic acids is 2. The number of amides is 3. The lowest BCUT2D eigenvalue weighted by Crippen LogP contribution is -2.50. The van der Waals surface area contributed by atoms with Crippen molar-refractivity contribution in [2.45, 2.75) is 32.4 Å². The molecule has 4 rings (SSSR count). The molecule has 1 aliphatic heterocycles. The zero-order chi connectivity index (χ0) is 24.1. The first-order valence-electron chi connectivity index (χ1n) is 11.3. The van der Waals surface area contributed by atoms with Gasteiger partial charge in [-0.05, 0) is 67.6 Å². The molecule has 0 radical (unpaired) electrons. The quantitative estimate of drug-likeness (QED) is 0.445. The fourth-order valence-corrected chi connectivity index (χ4v) is 5.17. The molecular formula is C26H28ClN3O3S. The summed E-state index contributed by atoms with van der Waals surface area (Å²) in [6.45, 7) is 4.72. The first kappa shape index (κ1) is 24.1. The maximum Gasteiger partial charge on any atom is 0.322 e. The summed E-state index contributed by atoms with van der Waals surface area (Å²) in [6.07, 6.45) is 0.803. The minimum atomic E-state index is -0.337. The van der Waals surface area contributed by atoms with Crippen LogP contribution in [0, 0.1) is 0 Å². The summed E-state index contributed by atoms with van der Waals surface area (Å²) in [5.74, 6) is 0.662. The third-order valence-electron chi connectivity index (χ3n) is 5.83. The molecule has 6 nitrogen and oxygen atoms in total. The second-order valence-electron chi connectivity index (χ2n) is 8.44. The molecule has 1 aliphatic rings. The average Bonchev–Trinajstić information content (AvgIpc) is 3.30. The van der Waals surface area contributed by atoms with Crippen LogP contribution in [0.4, 0.5) is 10.5 Å². The summed E-state index contributed by atoms with van der Waals surface area (Å²) < 4.78 is 6.05. The van der Waals surface area contributed by atoms with E-state index in [0.29, 0.717) is 23.9 Å². The number of thiophene rings is 1. The number of hydrogen-bond donors (Lipinski definition) is 1. The van der Waals surface area contributed by atoms with Crippen molar-refractivity contribution in [1.82, 2.24) is 9.80 Å². The highest BCUT2D eigenvalue weighted by Gasteiger charge is 2.34. The number of nitrogens with zero attached hydrogens (tertiary/aromatic N) is 2. The molecular weight excluding hydrogens is 470 g/mol. The van der Waals surface area contributed by atoms with Gasteiger partial charge in [0.1, 0.15) is 18.9 Å². The van der Waals surface area contributed by atoms with Crippen molar-refractivity contribution in [2.24, 2.45) is 0 Å². The molecule has 178 valence electrons. The maximum absolute atomic E-state index is 13.5. The van der Waals surface area contributed by atoms with Crippen molar-refractivity contribution in [1.29, 1.82) is 0 Å². The van der Waals surface area contributed by atoms with Crippen LogP contribution >= 0.6 is 22.9 Å². The molecule has 0 aliphatic carbocycles. The zero-order valence-electron chi connectivity index (χ0n) is 19.2. The number of halogens is 1. The predicted octanol–water partition coefficient (Wildman–Crippen LogP) is 5.85. The molecule has 2 aromatic carbocycles. The fraction of sp³-hybridized carbons (Fsp3) is 0.308. The molecule has 1 unspecified atom stereocenters. The number of para-hydroxylation sites is 1. The van der Waals surface area contributed by atoms with E-state index in [1.54, 1.807) is 40.5 Å². The third-order valence-corrected chi connectivity index (χ3v) is 7.06. The molecule has 1 N–H and O–H groups in total. The Balaban J connectivity index is 1.48. The van der Waals surface area contributed by atoms with E-state index in [-0.39, 0.29) is 30.6 Å². The van der Waals surface area contributed by atoms with E-state index in [4.69, 9.17) is 16.3 Å². The summed E-state index contributed by atoms with van der Waals surface area (Å²) in [5, 5.41) is 5.45. The van der Waals surface area contributed by atoms with Gasteiger partial charge in [-0.1, -0.05) is 35.9 Å². The second-order valence-corrected chi connectivity index (χ2v) is 9.88. The van der Waals surface area contributed by atoms with E-state index in [2.05, 4.69) is 16.8 Å². The largest absolute Gasteiger partial charge is 0.491 e. The van der Waals surface area contributed by atoms with Crippen LogP contribution in [0.15, 0.2) is 66.0 Å². The molecule has 3 amide bonds. The van der Waals surface area contributed by atoms with Gasteiger partial charge >= 0.3 is 6.03 Å². The van der Waals surface area contributed by atoms with Crippen molar-refractivity contribution in [3.8, 4) is 5.75 Å². The van der Waals surface area contributed by atoms with Crippen molar-refractivity contribution >= 4 is 40.6 Å². The zero-order valence-corrected chi connectivity index (χ0v) is 20.8. The molecule has 0 saturated heterocycles. The Bertz CT molecular complexity index is 1140. The Morgan fingerprint density at radius 3 is 2.71 bits per heavy atom. The lowest BCUT2D eigenvalue weighted by atomic mass is 10.0. The highest BCUT2D eigenvalue weighted by atomic mass is 35.5. The van der Waals surface area contributed by atoms with Gasteiger partial charge in [0.25, 0.3) is 0 Å². The van der Waals surface area contributed by atoms with Crippen molar-refractivity contribution in [3.63, 3.8) is 0 Å². The molecule has 1 aromatic heterocycles. The summed E-state index contributed by atoms with van der Waals surface area (Å²) in [4.78, 5) is 31.2. The number of rotatable bonds is 7. The highest BCUT2D eigenvalue weighted by Crippen LogP contribution is 2.34. The van der Waals surface area contributed by atoms with Gasteiger partial charge in [-0.15, -0.1) is 11.3 Å². The Kier molecular flexibility index (Phi) is 7.75. The van der Waals surface area contributed by atoms with E-state index >= 15 is 0 Å². The molecule has 8 heteroatoms. The van der Waals surface area contributed by atoms with Crippen molar-refractivity contribution < 1.29 is 14.3 Å². The molecule has 0 spiro atoms. The average molecular weight is 498 g/mol. The smallest absolute Gasteiger partial charge is 0.322 e. The Morgan fingerprint density at radius 2 is 1.97 bits per heavy atom. The number of anilines is 1. The third kappa shape index (κ3) is 5.72. The Hall–Kier alpha value is -3.03. The lowest BCUT2D eigenvalue weighted by molar-refractivity contribution is -0.135. The standard InChI is InChI=1S/C26H28ClN3O3S/c1-18(2)30(26(32)28-20-8-6-7-19(27)15-20)16-25(31)29-13-11-24-22(12-14-34-24)23(29)17-33-21-9-4-3-5-10-21/h3-10,12,14-15,18,23H,11,13,16-17H2,1-2H3,(H,28,32). The predicted molar refractivity (Wildman–Crippen MR) is 137 cm³/mol. The van der Waals surface area contributed by atoms with Crippen LogP contribution in [0.1, 0.15) is 30.3 Å². The summed E-state index contributed by atoms with van der Waals surface area (Å²) >= 11 is 7.75. The maximum atomic E-state index is 13.5. The molecule has 0 bridgehead atoms. The molecule has 1 atom stereocenters. The molecule has 0 saturated carbocycles. The van der Waals surface area contributed by atoms with Crippen LogP contribution in [-0.2, 0) is 11.2 Å². The SMILES string of the molecule is CC(C)N(CC(=O)N1CCc2sccc2C1COc1ccccc1)C(=O)Nc1cccc(Cl)c1. The first-order valence-corrected chi connectivity index (χ1v) is 12.5. The molecule has 3 aromatic rings. The van der Waals surface area contributed by atoms with Gasteiger partial charge in [0.05, 0.1) is 6.04 Å². The monoisotopic (exact) mass is 497 g/mol. The molecule has 2 heterocycles. The number of benzene rings is 2. The van der Waals surface area contributed by atoms with Crippen LogP contribution in [0.25, 0.3) is 0 Å². The lowest BCUT2D eigenvalue weighted by Gasteiger charge is -2.37. The van der Waals surface area contributed by atoms with Crippen molar-refractivity contribution in [2.75, 3.05) is 25.0 Å². The van der Waals surface area contributed by atoms with Crippen LogP contribution in [0.5, 0.6) is 5.75 Å². The van der Waals surface area contributed by atoms with E-state index in [0.717, 1.165) is 17.7 Å². The number of ether oxygens (including phenoxy) is 1. The van der Waals surface area contributed by atoms with E-state index in [1.165, 1.54) is 4.88 Å². The minimum absolute atomic E-state index is 0.0224. The van der Waals surface area contributed by atoms with Crippen LogP contribution in [0.3, 0.4) is 0 Å². The number of carbonyl (C=O) groups is 2. The van der Waals surface area contributed by atoms with Crippen molar-refractivity contribution in [3.05, 3.63) is 81.5 Å². The van der Waals surface area contributed by atoms with Gasteiger partial charge in [0, 0.05) is 28.2 Å². The van der Waals surface area contributed by atoms with Gasteiger partial charge in [-0.2, -0.15) is 0 Å². The molecule has 0 fully saturated rings. The van der Waals surface area contributed by atoms with Gasteiger partial charge in [0.2, 0.25) is 5.91 Å². The Labute approximate surface area is 209 Å². The topological polar surface area (TPSA) is 61.9 Å². The van der Waals surface area contributed by atoms with Crippen LogP contribution in [-0.4, -0.2) is 47.5 Å². The van der Waals surface area contributed by atoms with E-state index in [9.17, 15) is 9.59 Å². The van der Waals surface area contributed by atoms with Gasteiger partial charge in [0.15, 0.2) is 0 Å². The Morgan fingerprint density at radius 1 is 1.18 bits per heavy atom. The second kappa shape index (κ2) is 10.9. The highest BCUT2D eigenvalue weighted by molar-refractivity contribution is 7.10. The number of nitrogens with one attached hydrogen (secondary N) is 1. The van der Waals surface area contributed by atoms with Gasteiger partial charge in [-0.25, -0.2) is 4.79 Å². The van der Waals surface area contributed by atoms with Gasteiger partial charge in [-0.3, -0.25) is 4.79 Å². The van der Waals surface area contributed by atoms with E-state index in [1.807, 2.05) is 49.1 Å². The van der Waals surface area contributed by atoms with Crippen LogP contribution in [0.2, 0.25) is 5.02 Å². The fourth-order valence-electron chi connectivity index (χ4n) is 4.05. The van der Waals surface area contributed by atoms with E-state index < -0.39 is 0 Å². The molecule has 34 heavy (non-hydrogen) atoms. The van der Waals surface area contributed by atoms with Gasteiger partial charge < -0.3 is 19.9 Å². The summed E-state index contributed by atoms with van der Waals surface area (Å²) in [5.41, 5.74) is 1.71. The summed E-state index contributed by atoms with van der Waals surface area (Å²) in [7, 11) is 0. The minimum Gasteiger partial charge on any atom is -0.491 e.